The Morgan fingerprint density at radius 3 is 2.62 bits per heavy atom. The van der Waals surface area contributed by atoms with Crippen LogP contribution in [0.1, 0.15) is 28.8 Å². The van der Waals surface area contributed by atoms with Crippen LogP contribution in [0, 0.1) is 11.6 Å². The third-order valence-corrected chi connectivity index (χ3v) is 6.74. The predicted octanol–water partition coefficient (Wildman–Crippen LogP) is 6.49. The van der Waals surface area contributed by atoms with Crippen LogP contribution in [0.2, 0.25) is 5.02 Å². The van der Waals surface area contributed by atoms with Crippen molar-refractivity contribution in [2.75, 3.05) is 11.6 Å². The first-order chi connectivity index (χ1) is 16.5. The van der Waals surface area contributed by atoms with E-state index in [1.807, 2.05) is 6.26 Å². The Bertz CT molecular complexity index is 1450. The number of nitrogens with zero attached hydrogens (tertiary/aromatic N) is 3. The first-order valence-corrected chi connectivity index (χ1v) is 12.1. The maximum Gasteiger partial charge on any atom is 0.227 e. The molecule has 2 atom stereocenters. The van der Waals surface area contributed by atoms with Crippen LogP contribution < -0.4 is 10.1 Å². The molecular weight excluding hydrogens is 478 g/mol. The number of anilines is 1. The summed E-state index contributed by atoms with van der Waals surface area (Å²) >= 11 is 7.75. The Labute approximate surface area is 203 Å². The summed E-state index contributed by atoms with van der Waals surface area (Å²) < 4.78 is 37.1. The van der Waals surface area contributed by atoms with E-state index in [0.717, 1.165) is 22.4 Å². The lowest BCUT2D eigenvalue weighted by atomic mass is 9.84. The summed E-state index contributed by atoms with van der Waals surface area (Å²) in [5, 5.41) is 9.17. The highest BCUT2D eigenvalue weighted by molar-refractivity contribution is 7.98. The van der Waals surface area contributed by atoms with Gasteiger partial charge >= 0.3 is 0 Å². The van der Waals surface area contributed by atoms with Gasteiger partial charge < -0.3 is 10.1 Å². The van der Waals surface area contributed by atoms with Crippen LogP contribution in [0.15, 0.2) is 77.5 Å². The van der Waals surface area contributed by atoms with E-state index < -0.39 is 12.1 Å². The van der Waals surface area contributed by atoms with E-state index in [0.29, 0.717) is 27.4 Å². The minimum atomic E-state index is -0.762. The van der Waals surface area contributed by atoms with Crippen LogP contribution in [0.5, 0.6) is 5.75 Å². The topological polar surface area (TPSA) is 52.0 Å². The van der Waals surface area contributed by atoms with E-state index >= 15 is 4.39 Å². The molecule has 3 heterocycles. The summed E-state index contributed by atoms with van der Waals surface area (Å²) in [4.78, 5) is 4.61. The van der Waals surface area contributed by atoms with Crippen molar-refractivity contribution < 1.29 is 13.5 Å². The van der Waals surface area contributed by atoms with Crippen molar-refractivity contribution in [1.29, 1.82) is 0 Å². The van der Waals surface area contributed by atoms with Crippen LogP contribution >= 0.6 is 23.4 Å². The number of ether oxygens (including phenoxy) is 1. The number of thioether (sulfide) groups is 1. The number of aromatic nitrogens is 3. The van der Waals surface area contributed by atoms with Gasteiger partial charge in [-0.3, -0.25) is 0 Å². The fourth-order valence-corrected chi connectivity index (χ4v) is 5.00. The zero-order chi connectivity index (χ0) is 23.4. The number of nitrogens with one attached hydrogen (secondary N) is 1. The van der Waals surface area contributed by atoms with Crippen molar-refractivity contribution in [2.24, 2.45) is 0 Å². The molecule has 0 aliphatic carbocycles. The molecule has 2 aliphatic rings. The minimum Gasteiger partial charge on any atom is -0.480 e. The molecule has 0 amide bonds. The van der Waals surface area contributed by atoms with Gasteiger partial charge in [0.1, 0.15) is 23.4 Å². The third-order valence-electron chi connectivity index (χ3n) is 5.97. The molecule has 6 rings (SSSR count). The second kappa shape index (κ2) is 8.14. The normalized spacial score (nSPS) is 18.5. The van der Waals surface area contributed by atoms with E-state index in [2.05, 4.69) is 15.4 Å². The van der Waals surface area contributed by atoms with Gasteiger partial charge in [-0.15, -0.1) is 5.10 Å². The number of hydrogen-bond acceptors (Lipinski definition) is 5. The molecule has 0 fully saturated rings. The molecule has 1 N–H and O–H groups in total. The Hall–Kier alpha value is -3.36. The van der Waals surface area contributed by atoms with Gasteiger partial charge in [-0.1, -0.05) is 53.7 Å². The van der Waals surface area contributed by atoms with Gasteiger partial charge in [0.25, 0.3) is 0 Å². The lowest BCUT2D eigenvalue weighted by molar-refractivity contribution is 0.218. The highest BCUT2D eigenvalue weighted by Crippen LogP contribution is 2.51. The van der Waals surface area contributed by atoms with Gasteiger partial charge in [-0.2, -0.15) is 4.98 Å². The molecule has 9 heteroatoms. The highest BCUT2D eigenvalue weighted by Gasteiger charge is 2.42. The molecule has 0 saturated carbocycles. The van der Waals surface area contributed by atoms with Gasteiger partial charge in [0.05, 0.1) is 5.70 Å². The molecule has 4 aromatic rings. The largest absolute Gasteiger partial charge is 0.480 e. The summed E-state index contributed by atoms with van der Waals surface area (Å²) in [5.41, 5.74) is 3.35. The van der Waals surface area contributed by atoms with Crippen LogP contribution in [0.3, 0.4) is 0 Å². The van der Waals surface area contributed by atoms with Crippen molar-refractivity contribution in [3.63, 3.8) is 0 Å². The second-order valence-electron chi connectivity index (χ2n) is 7.94. The Morgan fingerprint density at radius 2 is 1.85 bits per heavy atom. The monoisotopic (exact) mass is 494 g/mol. The van der Waals surface area contributed by atoms with E-state index in [9.17, 15) is 4.39 Å². The SMILES string of the molecule is CSc1nc2n(n1)[C@H](c1ccc(F)cc1)C1=C(N2)c2cc(Cl)ccc2O[C@@H]1c1ccccc1F. The number of hydrogen-bond donors (Lipinski definition) is 1. The summed E-state index contributed by atoms with van der Waals surface area (Å²) in [6.45, 7) is 0. The Morgan fingerprint density at radius 1 is 1.06 bits per heavy atom. The summed E-state index contributed by atoms with van der Waals surface area (Å²) in [6, 6.07) is 17.5. The molecule has 0 saturated heterocycles. The van der Waals surface area contributed by atoms with Gasteiger partial charge in [-0.05, 0) is 48.2 Å². The molecule has 0 radical (unpaired) electrons. The zero-order valence-corrected chi connectivity index (χ0v) is 19.4. The fourth-order valence-electron chi connectivity index (χ4n) is 4.48. The van der Waals surface area contributed by atoms with Crippen molar-refractivity contribution in [3.05, 3.63) is 106 Å². The van der Waals surface area contributed by atoms with Crippen LogP contribution in [0.4, 0.5) is 14.7 Å². The lowest BCUT2D eigenvalue weighted by Crippen LogP contribution is -2.32. The van der Waals surface area contributed by atoms with Crippen LogP contribution in [0.25, 0.3) is 5.70 Å². The standard InChI is InChI=1S/C25H17ClF2N4OS/c1-34-25-30-24-29-21-17-12-14(26)8-11-19(17)33-23(16-4-2-3-5-18(16)28)20(21)22(32(24)31-25)13-6-9-15(27)10-7-13/h2-12,22-23H,1H3,(H,29,30,31)/t22-,23-/m1/s1. The molecule has 170 valence electrons. The molecule has 3 aromatic carbocycles. The number of halogens is 3. The van der Waals surface area contributed by atoms with E-state index in [1.54, 1.807) is 53.2 Å². The van der Waals surface area contributed by atoms with Gasteiger partial charge in [-0.25, -0.2) is 13.5 Å². The van der Waals surface area contributed by atoms with Crippen LogP contribution in [-0.2, 0) is 0 Å². The van der Waals surface area contributed by atoms with Crippen LogP contribution in [-0.4, -0.2) is 21.0 Å². The minimum absolute atomic E-state index is 0.349. The molecule has 34 heavy (non-hydrogen) atoms. The summed E-state index contributed by atoms with van der Waals surface area (Å²) in [5.74, 6) is 0.360. The van der Waals surface area contributed by atoms with E-state index in [4.69, 9.17) is 16.3 Å². The van der Waals surface area contributed by atoms with Gasteiger partial charge in [0, 0.05) is 21.7 Å². The Kier molecular flexibility index (Phi) is 5.08. The van der Waals surface area contributed by atoms with Crippen molar-refractivity contribution >= 4 is 35.0 Å². The van der Waals surface area contributed by atoms with Crippen molar-refractivity contribution in [2.45, 2.75) is 17.3 Å². The summed E-state index contributed by atoms with van der Waals surface area (Å²) in [6.07, 6.45) is 1.13. The smallest absolute Gasteiger partial charge is 0.227 e. The third kappa shape index (κ3) is 3.36. The maximum atomic E-state index is 15.1. The maximum absolute atomic E-state index is 15.1. The molecule has 0 spiro atoms. The number of benzene rings is 3. The number of rotatable bonds is 3. The molecule has 5 nitrogen and oxygen atoms in total. The van der Waals surface area contributed by atoms with Gasteiger partial charge in [0.2, 0.25) is 11.1 Å². The predicted molar refractivity (Wildman–Crippen MR) is 128 cm³/mol. The van der Waals surface area contributed by atoms with E-state index in [-0.39, 0.29) is 11.6 Å². The fraction of sp³-hybridized carbons (Fsp3) is 0.120. The van der Waals surface area contributed by atoms with Crippen molar-refractivity contribution in [1.82, 2.24) is 14.8 Å². The molecule has 0 bridgehead atoms. The molecular formula is C25H17ClF2N4OS. The highest BCUT2D eigenvalue weighted by atomic mass is 35.5. The average molecular weight is 495 g/mol. The summed E-state index contributed by atoms with van der Waals surface area (Å²) in [7, 11) is 0. The van der Waals surface area contributed by atoms with E-state index in [1.165, 1.54) is 30.0 Å². The molecule has 1 aromatic heterocycles. The van der Waals surface area contributed by atoms with Gasteiger partial charge in [0.15, 0.2) is 6.10 Å². The zero-order valence-electron chi connectivity index (χ0n) is 17.8. The first-order valence-electron chi connectivity index (χ1n) is 10.5. The lowest BCUT2D eigenvalue weighted by Gasteiger charge is -2.39. The quantitative estimate of drug-likeness (QED) is 0.330. The molecule has 0 unspecified atom stereocenters. The Balaban J connectivity index is 1.66. The average Bonchev–Trinajstić information content (AvgIpc) is 3.26. The first kappa shape index (κ1) is 21.2. The number of fused-ring (bicyclic) bond motifs is 3. The molecule has 2 aliphatic heterocycles. The van der Waals surface area contributed by atoms with Crippen molar-refractivity contribution in [3.8, 4) is 5.75 Å². The second-order valence-corrected chi connectivity index (χ2v) is 9.15.